The van der Waals surface area contributed by atoms with E-state index in [0.717, 1.165) is 18.4 Å². The van der Waals surface area contributed by atoms with Crippen LogP contribution in [0.2, 0.25) is 5.02 Å². The lowest BCUT2D eigenvalue weighted by atomic mass is 10.1. The number of H-pyrrole nitrogens is 1. The highest BCUT2D eigenvalue weighted by atomic mass is 35.5. The highest BCUT2D eigenvalue weighted by molar-refractivity contribution is 6.33. The van der Waals surface area contributed by atoms with Gasteiger partial charge in [0.25, 0.3) is 11.2 Å². The molecule has 0 spiro atoms. The predicted molar refractivity (Wildman–Crippen MR) is 122 cm³/mol. The van der Waals surface area contributed by atoms with Gasteiger partial charge in [-0.2, -0.15) is 0 Å². The van der Waals surface area contributed by atoms with E-state index in [1.54, 1.807) is 4.57 Å². The van der Waals surface area contributed by atoms with Crippen molar-refractivity contribution in [3.63, 3.8) is 0 Å². The first-order valence-corrected chi connectivity index (χ1v) is 10.5. The normalized spacial score (nSPS) is 11.2. The molecule has 0 aliphatic heterocycles. The molecule has 0 saturated carbocycles. The summed E-state index contributed by atoms with van der Waals surface area (Å²) in [6, 6.07) is 13.5. The van der Waals surface area contributed by atoms with Gasteiger partial charge in [0.1, 0.15) is 5.82 Å². The predicted octanol–water partition coefficient (Wildman–Crippen LogP) is 3.96. The number of nitrogens with zero attached hydrogens (tertiary/aromatic N) is 4. The molecule has 9 nitrogen and oxygen atoms in total. The molecule has 2 aromatic heterocycles. The average Bonchev–Trinajstić information content (AvgIpc) is 3.13. The third-order valence-corrected chi connectivity index (χ3v) is 5.54. The molecule has 1 N–H and O–H groups in total. The van der Waals surface area contributed by atoms with Crippen LogP contribution in [0.25, 0.3) is 22.6 Å². The van der Waals surface area contributed by atoms with Crippen molar-refractivity contribution >= 4 is 28.5 Å². The lowest BCUT2D eigenvalue weighted by Crippen LogP contribution is -2.31. The topological polar surface area (TPSA) is 116 Å². The van der Waals surface area contributed by atoms with Crippen LogP contribution in [0.4, 0.5) is 5.69 Å². The molecule has 0 radical (unpaired) electrons. The number of nitro groups is 1. The zero-order valence-corrected chi connectivity index (χ0v) is 18.0. The molecule has 0 atom stereocenters. The van der Waals surface area contributed by atoms with Crippen LogP contribution in [-0.2, 0) is 13.1 Å². The zero-order chi connectivity index (χ0) is 22.8. The number of hydrogen-bond acceptors (Lipinski definition) is 5. The van der Waals surface area contributed by atoms with E-state index in [1.165, 1.54) is 22.8 Å². The molecule has 0 aliphatic carbocycles. The lowest BCUT2D eigenvalue weighted by Gasteiger charge is -2.10. The van der Waals surface area contributed by atoms with E-state index in [-0.39, 0.29) is 34.2 Å². The van der Waals surface area contributed by atoms with Crippen LogP contribution in [0.15, 0.2) is 58.1 Å². The van der Waals surface area contributed by atoms with Crippen molar-refractivity contribution in [2.45, 2.75) is 32.9 Å². The van der Waals surface area contributed by atoms with Gasteiger partial charge in [-0.15, -0.1) is 0 Å². The van der Waals surface area contributed by atoms with Crippen molar-refractivity contribution in [1.82, 2.24) is 19.1 Å². The van der Waals surface area contributed by atoms with Crippen LogP contribution < -0.4 is 11.2 Å². The van der Waals surface area contributed by atoms with Crippen molar-refractivity contribution < 1.29 is 4.92 Å². The lowest BCUT2D eigenvalue weighted by molar-refractivity contribution is -0.384. The number of nitro benzene ring substituents is 1. The zero-order valence-electron chi connectivity index (χ0n) is 17.2. The van der Waals surface area contributed by atoms with Crippen molar-refractivity contribution in [3.8, 4) is 11.4 Å². The van der Waals surface area contributed by atoms with Gasteiger partial charge in [0, 0.05) is 30.8 Å². The number of hydrogen-bond donors (Lipinski definition) is 1. The Morgan fingerprint density at radius 3 is 2.56 bits per heavy atom. The molecule has 10 heteroatoms. The van der Waals surface area contributed by atoms with E-state index in [1.807, 2.05) is 37.3 Å². The minimum absolute atomic E-state index is 0.153. The fraction of sp³-hybridized carbons (Fsp3) is 0.227. The van der Waals surface area contributed by atoms with Crippen molar-refractivity contribution in [3.05, 3.63) is 90.1 Å². The van der Waals surface area contributed by atoms with Crippen LogP contribution in [-0.4, -0.2) is 24.0 Å². The van der Waals surface area contributed by atoms with Crippen molar-refractivity contribution in [2.75, 3.05) is 0 Å². The molecule has 4 aromatic rings. The summed E-state index contributed by atoms with van der Waals surface area (Å²) in [5, 5.41) is 11.6. The van der Waals surface area contributed by atoms with Gasteiger partial charge in [-0.3, -0.25) is 24.5 Å². The molecule has 0 bridgehead atoms. The largest absolute Gasteiger partial charge is 0.330 e. The summed E-state index contributed by atoms with van der Waals surface area (Å²) in [5.41, 5.74) is 0.357. The monoisotopic (exact) mass is 453 g/mol. The van der Waals surface area contributed by atoms with Crippen molar-refractivity contribution in [1.29, 1.82) is 0 Å². The van der Waals surface area contributed by atoms with E-state index in [4.69, 9.17) is 11.6 Å². The smallest absolute Gasteiger partial charge is 0.314 e. The summed E-state index contributed by atoms with van der Waals surface area (Å²) >= 11 is 6.40. The Balaban J connectivity index is 2.06. The second-order valence-electron chi connectivity index (χ2n) is 7.37. The molecule has 4 rings (SSSR count). The maximum Gasteiger partial charge on any atom is 0.330 e. The highest BCUT2D eigenvalue weighted by Crippen LogP contribution is 2.32. The Kier molecular flexibility index (Phi) is 5.91. The fourth-order valence-corrected chi connectivity index (χ4v) is 3.82. The number of aromatic amines is 1. The quantitative estimate of drug-likeness (QED) is 0.336. The number of aromatic nitrogens is 4. The summed E-state index contributed by atoms with van der Waals surface area (Å²) in [6.07, 6.45) is 1.57. The van der Waals surface area contributed by atoms with Crippen molar-refractivity contribution in [2.24, 2.45) is 0 Å². The molecular formula is C22H20ClN5O4. The number of nitrogens with one attached hydrogen (secondary N) is 1. The second kappa shape index (κ2) is 8.80. The molecule has 0 unspecified atom stereocenters. The maximum atomic E-state index is 12.9. The molecule has 0 fully saturated rings. The van der Waals surface area contributed by atoms with Crippen LogP contribution >= 0.6 is 11.6 Å². The van der Waals surface area contributed by atoms with Gasteiger partial charge in [0.2, 0.25) is 0 Å². The Bertz CT molecular complexity index is 1420. The third kappa shape index (κ3) is 3.94. The van der Waals surface area contributed by atoms with E-state index >= 15 is 0 Å². The van der Waals surface area contributed by atoms with Crippen LogP contribution in [0, 0.1) is 10.1 Å². The number of aryl methyl sites for hydroxylation is 1. The Labute approximate surface area is 187 Å². The van der Waals surface area contributed by atoms with Gasteiger partial charge < -0.3 is 4.57 Å². The average molecular weight is 454 g/mol. The Morgan fingerprint density at radius 1 is 1.12 bits per heavy atom. The molecule has 2 heterocycles. The second-order valence-corrected chi connectivity index (χ2v) is 7.77. The summed E-state index contributed by atoms with van der Waals surface area (Å²) in [6.45, 7) is 2.64. The number of benzene rings is 2. The number of non-ortho nitro benzene ring substituents is 1. The van der Waals surface area contributed by atoms with Gasteiger partial charge in [0.05, 0.1) is 9.95 Å². The van der Waals surface area contributed by atoms with Crippen LogP contribution in [0.5, 0.6) is 0 Å². The molecule has 32 heavy (non-hydrogen) atoms. The SMILES string of the molecule is CCCCn1c(=O)[nH]c(=O)c2c1nc(-c1cc([N+](=O)[O-])ccc1Cl)n2Cc1ccccc1. The van der Waals surface area contributed by atoms with E-state index in [0.29, 0.717) is 12.1 Å². The summed E-state index contributed by atoms with van der Waals surface area (Å²) in [7, 11) is 0. The number of unbranched alkanes of at least 4 members (excludes halogenated alkanes) is 1. The summed E-state index contributed by atoms with van der Waals surface area (Å²) < 4.78 is 3.08. The van der Waals surface area contributed by atoms with Crippen LogP contribution in [0.1, 0.15) is 25.3 Å². The maximum absolute atomic E-state index is 12.9. The number of imidazole rings is 1. The van der Waals surface area contributed by atoms with Gasteiger partial charge in [-0.1, -0.05) is 55.3 Å². The Morgan fingerprint density at radius 2 is 1.88 bits per heavy atom. The van der Waals surface area contributed by atoms with Gasteiger partial charge in [0.15, 0.2) is 11.2 Å². The standard InChI is InChI=1S/C22H20ClN5O4/c1-2-3-11-26-20-18(21(29)25-22(26)30)27(13-14-7-5-4-6-8-14)19(24-20)16-12-15(28(31)32)9-10-17(16)23/h4-10,12H,2-3,11,13H2,1H3,(H,25,29,30). The Hall–Kier alpha value is -3.72. The molecule has 0 amide bonds. The molecule has 164 valence electrons. The van der Waals surface area contributed by atoms with Gasteiger partial charge >= 0.3 is 5.69 Å². The van der Waals surface area contributed by atoms with Gasteiger partial charge in [-0.25, -0.2) is 9.78 Å². The fourth-order valence-electron chi connectivity index (χ4n) is 3.62. The van der Waals surface area contributed by atoms with E-state index < -0.39 is 16.2 Å². The summed E-state index contributed by atoms with van der Waals surface area (Å²) in [5.74, 6) is 0.277. The summed E-state index contributed by atoms with van der Waals surface area (Å²) in [4.78, 5) is 43.2. The highest BCUT2D eigenvalue weighted by Gasteiger charge is 2.23. The first kappa shape index (κ1) is 21.5. The molecular weight excluding hydrogens is 434 g/mol. The molecule has 2 aromatic carbocycles. The van der Waals surface area contributed by atoms with Gasteiger partial charge in [-0.05, 0) is 18.1 Å². The third-order valence-electron chi connectivity index (χ3n) is 5.21. The number of rotatable bonds is 7. The first-order valence-electron chi connectivity index (χ1n) is 10.1. The number of halogens is 1. The first-order chi connectivity index (χ1) is 15.4. The van der Waals surface area contributed by atoms with E-state index in [9.17, 15) is 19.7 Å². The van der Waals surface area contributed by atoms with E-state index in [2.05, 4.69) is 9.97 Å². The minimum atomic E-state index is -0.575. The minimum Gasteiger partial charge on any atom is -0.314 e. The number of fused-ring (bicyclic) bond motifs is 1. The van der Waals surface area contributed by atoms with Crippen LogP contribution in [0.3, 0.4) is 0 Å². The molecule has 0 aliphatic rings. The molecule has 0 saturated heterocycles.